The molecule has 0 aliphatic carbocycles. The molecule has 2 aromatic rings. The van der Waals surface area contributed by atoms with E-state index in [0.29, 0.717) is 5.91 Å². The molecule has 1 fully saturated rings. The standard InChI is InChI=1S/C20H30N4O/c1-4-23(5-2)20(25)16-11-13-22(14-12-16)15-19-21-17-9-7-8-10-18(17)24(19)6-3/h7-10,16H,4-6,11-15H2,1-3H3. The zero-order valence-corrected chi connectivity index (χ0v) is 15.7. The first-order valence-corrected chi connectivity index (χ1v) is 9.63. The van der Waals surface area contributed by atoms with E-state index < -0.39 is 0 Å². The predicted molar refractivity (Wildman–Crippen MR) is 101 cm³/mol. The van der Waals surface area contributed by atoms with Crippen molar-refractivity contribution in [3.63, 3.8) is 0 Å². The summed E-state index contributed by atoms with van der Waals surface area (Å²) >= 11 is 0. The fourth-order valence-corrected chi connectivity index (χ4v) is 3.93. The molecular formula is C20H30N4O. The maximum Gasteiger partial charge on any atom is 0.225 e. The third kappa shape index (κ3) is 3.71. The van der Waals surface area contributed by atoms with Gasteiger partial charge in [0.25, 0.3) is 0 Å². The van der Waals surface area contributed by atoms with E-state index in [-0.39, 0.29) is 5.92 Å². The molecule has 1 aliphatic heterocycles. The number of aromatic nitrogens is 2. The first kappa shape index (κ1) is 17.9. The van der Waals surface area contributed by atoms with Crippen LogP contribution in [0.3, 0.4) is 0 Å². The summed E-state index contributed by atoms with van der Waals surface area (Å²) in [6, 6.07) is 8.35. The third-order valence-corrected chi connectivity index (χ3v) is 5.43. The van der Waals surface area contributed by atoms with Crippen LogP contribution in [0.25, 0.3) is 11.0 Å². The first-order valence-electron chi connectivity index (χ1n) is 9.63. The van der Waals surface area contributed by atoms with E-state index in [0.717, 1.165) is 63.5 Å². The minimum Gasteiger partial charge on any atom is -0.343 e. The van der Waals surface area contributed by atoms with Crippen LogP contribution in [0.15, 0.2) is 24.3 Å². The van der Waals surface area contributed by atoms with Crippen molar-refractivity contribution in [3.8, 4) is 0 Å². The van der Waals surface area contributed by atoms with Gasteiger partial charge in [-0.25, -0.2) is 4.98 Å². The zero-order chi connectivity index (χ0) is 17.8. The van der Waals surface area contributed by atoms with E-state index in [1.807, 2.05) is 11.0 Å². The Morgan fingerprint density at radius 1 is 1.16 bits per heavy atom. The van der Waals surface area contributed by atoms with Crippen molar-refractivity contribution in [1.82, 2.24) is 19.4 Å². The maximum atomic E-state index is 12.5. The predicted octanol–water partition coefficient (Wildman–Crippen LogP) is 3.14. The molecule has 3 rings (SSSR count). The van der Waals surface area contributed by atoms with Gasteiger partial charge in [0.05, 0.1) is 17.6 Å². The van der Waals surface area contributed by atoms with Crippen LogP contribution in [-0.4, -0.2) is 51.4 Å². The van der Waals surface area contributed by atoms with E-state index in [2.05, 4.69) is 48.4 Å². The summed E-state index contributed by atoms with van der Waals surface area (Å²) in [7, 11) is 0. The Balaban J connectivity index is 1.64. The Labute approximate surface area is 150 Å². The average molecular weight is 342 g/mol. The van der Waals surface area contributed by atoms with Crippen LogP contribution in [0, 0.1) is 5.92 Å². The van der Waals surface area contributed by atoms with Crippen LogP contribution < -0.4 is 0 Å². The second-order valence-corrected chi connectivity index (χ2v) is 6.82. The van der Waals surface area contributed by atoms with Crippen LogP contribution >= 0.6 is 0 Å². The minimum absolute atomic E-state index is 0.196. The number of imidazole rings is 1. The monoisotopic (exact) mass is 342 g/mol. The van der Waals surface area contributed by atoms with Gasteiger partial charge in [-0.2, -0.15) is 0 Å². The molecular weight excluding hydrogens is 312 g/mol. The molecule has 0 spiro atoms. The van der Waals surface area contributed by atoms with Crippen LogP contribution in [-0.2, 0) is 17.9 Å². The number of amides is 1. The number of carbonyl (C=O) groups is 1. The number of piperidine rings is 1. The van der Waals surface area contributed by atoms with Crippen LogP contribution in [0.1, 0.15) is 39.4 Å². The SMILES string of the molecule is CCN(CC)C(=O)C1CCN(Cc2nc3ccccc3n2CC)CC1. The van der Waals surface area contributed by atoms with E-state index in [1.165, 1.54) is 5.52 Å². The molecule has 0 bridgehead atoms. The van der Waals surface area contributed by atoms with Crippen molar-refractivity contribution in [2.24, 2.45) is 5.92 Å². The zero-order valence-electron chi connectivity index (χ0n) is 15.7. The van der Waals surface area contributed by atoms with Gasteiger partial charge in [-0.05, 0) is 58.8 Å². The summed E-state index contributed by atoms with van der Waals surface area (Å²) < 4.78 is 2.31. The topological polar surface area (TPSA) is 41.4 Å². The summed E-state index contributed by atoms with van der Waals surface area (Å²) in [5.74, 6) is 1.67. The number of likely N-dealkylation sites (tertiary alicyclic amines) is 1. The molecule has 5 heteroatoms. The van der Waals surface area contributed by atoms with Crippen molar-refractivity contribution in [2.45, 2.75) is 46.7 Å². The molecule has 136 valence electrons. The molecule has 0 atom stereocenters. The second kappa shape index (κ2) is 8.00. The maximum absolute atomic E-state index is 12.5. The number of hydrogen-bond acceptors (Lipinski definition) is 3. The van der Waals surface area contributed by atoms with E-state index in [1.54, 1.807) is 0 Å². The lowest BCUT2D eigenvalue weighted by Gasteiger charge is -2.33. The van der Waals surface area contributed by atoms with Crippen LogP contribution in [0.5, 0.6) is 0 Å². The smallest absolute Gasteiger partial charge is 0.225 e. The lowest BCUT2D eigenvalue weighted by atomic mass is 9.95. The molecule has 0 N–H and O–H groups in total. The Morgan fingerprint density at radius 2 is 1.84 bits per heavy atom. The largest absolute Gasteiger partial charge is 0.343 e. The summed E-state index contributed by atoms with van der Waals surface area (Å²) in [5.41, 5.74) is 2.29. The van der Waals surface area contributed by atoms with Crippen molar-refractivity contribution in [2.75, 3.05) is 26.2 Å². The normalized spacial score (nSPS) is 16.4. The highest BCUT2D eigenvalue weighted by atomic mass is 16.2. The highest BCUT2D eigenvalue weighted by Crippen LogP contribution is 2.23. The Hall–Kier alpha value is -1.88. The number of para-hydroxylation sites is 2. The molecule has 1 aromatic heterocycles. The summed E-state index contributed by atoms with van der Waals surface area (Å²) in [4.78, 5) is 21.8. The molecule has 0 radical (unpaired) electrons. The highest BCUT2D eigenvalue weighted by Gasteiger charge is 2.28. The number of carbonyl (C=O) groups excluding carboxylic acids is 1. The molecule has 1 saturated heterocycles. The Kier molecular flexibility index (Phi) is 5.74. The molecule has 1 aromatic carbocycles. The fourth-order valence-electron chi connectivity index (χ4n) is 3.93. The Morgan fingerprint density at radius 3 is 2.48 bits per heavy atom. The van der Waals surface area contributed by atoms with E-state index >= 15 is 0 Å². The van der Waals surface area contributed by atoms with Gasteiger partial charge in [0.15, 0.2) is 0 Å². The third-order valence-electron chi connectivity index (χ3n) is 5.43. The van der Waals surface area contributed by atoms with E-state index in [9.17, 15) is 4.79 Å². The lowest BCUT2D eigenvalue weighted by molar-refractivity contribution is -0.136. The molecule has 0 saturated carbocycles. The summed E-state index contributed by atoms with van der Waals surface area (Å²) in [6.07, 6.45) is 1.92. The van der Waals surface area contributed by atoms with Gasteiger partial charge in [-0.15, -0.1) is 0 Å². The van der Waals surface area contributed by atoms with Crippen molar-refractivity contribution < 1.29 is 4.79 Å². The average Bonchev–Trinajstić information content (AvgIpc) is 3.00. The van der Waals surface area contributed by atoms with Gasteiger partial charge in [-0.3, -0.25) is 9.69 Å². The number of nitrogens with zero attached hydrogens (tertiary/aromatic N) is 4. The number of fused-ring (bicyclic) bond motifs is 1. The Bertz CT molecular complexity index is 712. The van der Waals surface area contributed by atoms with E-state index in [4.69, 9.17) is 4.98 Å². The molecule has 1 aliphatic rings. The van der Waals surface area contributed by atoms with Crippen LogP contribution in [0.4, 0.5) is 0 Å². The summed E-state index contributed by atoms with van der Waals surface area (Å²) in [6.45, 7) is 11.7. The number of benzene rings is 1. The van der Waals surface area contributed by atoms with Gasteiger partial charge < -0.3 is 9.47 Å². The quantitative estimate of drug-likeness (QED) is 0.810. The number of aryl methyl sites for hydroxylation is 1. The highest BCUT2D eigenvalue weighted by molar-refractivity contribution is 5.79. The van der Waals surface area contributed by atoms with Gasteiger partial charge in [0, 0.05) is 25.6 Å². The molecule has 0 unspecified atom stereocenters. The molecule has 1 amide bonds. The summed E-state index contributed by atoms with van der Waals surface area (Å²) in [5, 5.41) is 0. The van der Waals surface area contributed by atoms with Gasteiger partial charge in [0.2, 0.25) is 5.91 Å². The number of rotatable bonds is 6. The first-order chi connectivity index (χ1) is 12.2. The van der Waals surface area contributed by atoms with Crippen molar-refractivity contribution in [1.29, 1.82) is 0 Å². The molecule has 2 heterocycles. The second-order valence-electron chi connectivity index (χ2n) is 6.82. The lowest BCUT2D eigenvalue weighted by Crippen LogP contribution is -2.42. The van der Waals surface area contributed by atoms with Gasteiger partial charge in [-0.1, -0.05) is 12.1 Å². The van der Waals surface area contributed by atoms with Crippen LogP contribution in [0.2, 0.25) is 0 Å². The molecule has 5 nitrogen and oxygen atoms in total. The van der Waals surface area contributed by atoms with Crippen molar-refractivity contribution >= 4 is 16.9 Å². The number of hydrogen-bond donors (Lipinski definition) is 0. The van der Waals surface area contributed by atoms with Crippen molar-refractivity contribution in [3.05, 3.63) is 30.1 Å². The van der Waals surface area contributed by atoms with Gasteiger partial charge >= 0.3 is 0 Å². The minimum atomic E-state index is 0.196. The molecule has 25 heavy (non-hydrogen) atoms. The van der Waals surface area contributed by atoms with Gasteiger partial charge in [0.1, 0.15) is 5.82 Å². The fraction of sp³-hybridized carbons (Fsp3) is 0.600.